The fraction of sp³-hybridized carbons (Fsp3) is 0.0323. The number of anilines is 2. The predicted molar refractivity (Wildman–Crippen MR) is 282 cm³/mol. The van der Waals surface area contributed by atoms with Crippen LogP contribution in [0.5, 0.6) is 0 Å². The van der Waals surface area contributed by atoms with E-state index in [1.807, 2.05) is 24.3 Å². The summed E-state index contributed by atoms with van der Waals surface area (Å²) in [5.41, 5.74) is 24.5. The minimum absolute atomic E-state index is 0.492. The maximum absolute atomic E-state index is 6.88. The molecular weight excluding hydrogens is 815 g/mol. The van der Waals surface area contributed by atoms with Gasteiger partial charge in [0.25, 0.3) is 0 Å². The van der Waals surface area contributed by atoms with Crippen molar-refractivity contribution in [3.8, 4) is 61.6 Å². The topological polar surface area (TPSA) is 59.4 Å². The van der Waals surface area contributed by atoms with E-state index in [0.717, 1.165) is 94.9 Å². The number of rotatable bonds is 10. The van der Waals surface area contributed by atoms with Gasteiger partial charge in [0.2, 0.25) is 0 Å². The molecule has 0 aliphatic heterocycles. The molecule has 0 bridgehead atoms. The number of benzene rings is 9. The molecule has 0 radical (unpaired) electrons. The molecule has 9 aromatic carbocycles. The van der Waals surface area contributed by atoms with Gasteiger partial charge in [-0.3, -0.25) is 4.99 Å². The quantitative estimate of drug-likeness (QED) is 0.0846. The Morgan fingerprint density at radius 1 is 0.478 bits per heavy atom. The summed E-state index contributed by atoms with van der Waals surface area (Å²) < 4.78 is 2.41. The molecule has 0 saturated carbocycles. The summed E-state index contributed by atoms with van der Waals surface area (Å²) in [6, 6.07) is 85.2. The lowest BCUT2D eigenvalue weighted by Gasteiger charge is -2.27. The van der Waals surface area contributed by atoms with Crippen LogP contribution in [0.4, 0.5) is 11.4 Å². The Kier molecular flexibility index (Phi) is 11.0. The van der Waals surface area contributed by atoms with E-state index in [9.17, 15) is 0 Å². The van der Waals surface area contributed by atoms with Gasteiger partial charge in [-0.1, -0.05) is 200 Å². The fourth-order valence-corrected chi connectivity index (χ4v) is 9.35. The molecule has 67 heavy (non-hydrogen) atoms. The van der Waals surface area contributed by atoms with Gasteiger partial charge in [-0.05, 0) is 70.3 Å². The summed E-state index contributed by atoms with van der Waals surface area (Å²) in [7, 11) is 2.15. The van der Waals surface area contributed by atoms with Crippen molar-refractivity contribution in [2.75, 3.05) is 17.7 Å². The average Bonchev–Trinajstić information content (AvgIpc) is 3.74. The Hall–Kier alpha value is -8.80. The Morgan fingerprint density at radius 3 is 1.72 bits per heavy atom. The molecule has 0 spiro atoms. The van der Waals surface area contributed by atoms with Crippen molar-refractivity contribution in [2.45, 2.75) is 6.54 Å². The third-order valence-corrected chi connectivity index (χ3v) is 12.6. The molecule has 320 valence electrons. The molecule has 0 saturated heterocycles. The van der Waals surface area contributed by atoms with Crippen LogP contribution in [0.25, 0.3) is 83.4 Å². The van der Waals surface area contributed by atoms with Crippen molar-refractivity contribution in [3.63, 3.8) is 0 Å². The molecule has 2 heterocycles. The van der Waals surface area contributed by atoms with Gasteiger partial charge in [-0.2, -0.15) is 0 Å². The lowest BCUT2D eigenvalue weighted by Crippen LogP contribution is -2.29. The van der Waals surface area contributed by atoms with Crippen molar-refractivity contribution >= 4 is 39.0 Å². The van der Waals surface area contributed by atoms with Crippen molar-refractivity contribution in [1.82, 2.24) is 9.55 Å². The number of nitrogen functional groups attached to an aromatic ring is 1. The minimum atomic E-state index is 0.492. The van der Waals surface area contributed by atoms with Gasteiger partial charge in [0.05, 0.1) is 34.7 Å². The van der Waals surface area contributed by atoms with Crippen LogP contribution < -0.4 is 10.6 Å². The van der Waals surface area contributed by atoms with Crippen molar-refractivity contribution in [3.05, 3.63) is 254 Å². The van der Waals surface area contributed by atoms with Crippen LogP contribution in [0.15, 0.2) is 248 Å². The Bertz CT molecular complexity index is 3490. The highest BCUT2D eigenvalue weighted by atomic mass is 15.2. The third kappa shape index (κ3) is 8.04. The van der Waals surface area contributed by atoms with Crippen LogP contribution in [-0.4, -0.2) is 22.4 Å². The van der Waals surface area contributed by atoms with Gasteiger partial charge in [-0.15, -0.1) is 0 Å². The number of nitrogens with zero attached hydrogens (tertiary/aromatic N) is 4. The summed E-state index contributed by atoms with van der Waals surface area (Å²) in [6.45, 7) is 0.492. The maximum atomic E-state index is 6.88. The van der Waals surface area contributed by atoms with E-state index < -0.39 is 0 Å². The van der Waals surface area contributed by atoms with E-state index in [1.54, 1.807) is 0 Å². The van der Waals surface area contributed by atoms with E-state index in [0.29, 0.717) is 12.2 Å². The number of pyridine rings is 1. The molecule has 0 aliphatic rings. The van der Waals surface area contributed by atoms with Crippen LogP contribution in [-0.2, 0) is 6.54 Å². The molecule has 11 aromatic rings. The van der Waals surface area contributed by atoms with Gasteiger partial charge in [0.15, 0.2) is 0 Å². The molecule has 0 aliphatic carbocycles. The molecule has 0 fully saturated rings. The molecule has 5 nitrogen and oxygen atoms in total. The first kappa shape index (κ1) is 40.9. The highest BCUT2D eigenvalue weighted by Crippen LogP contribution is 2.45. The second kappa shape index (κ2) is 18.0. The summed E-state index contributed by atoms with van der Waals surface area (Å²) in [5.74, 6) is 0.849. The van der Waals surface area contributed by atoms with E-state index in [2.05, 4.69) is 235 Å². The second-order valence-corrected chi connectivity index (χ2v) is 16.8. The highest BCUT2D eigenvalue weighted by molar-refractivity contribution is 6.21. The number of nitrogens with two attached hydrogens (primary N) is 1. The average molecular weight is 862 g/mol. The molecule has 5 heteroatoms. The zero-order chi connectivity index (χ0) is 45.1. The molecule has 0 atom stereocenters. The maximum Gasteiger partial charge on any atom is 0.135 e. The van der Waals surface area contributed by atoms with Gasteiger partial charge in [-0.25, -0.2) is 4.98 Å². The van der Waals surface area contributed by atoms with Crippen LogP contribution in [0.2, 0.25) is 0 Å². The van der Waals surface area contributed by atoms with Crippen LogP contribution in [0, 0.1) is 0 Å². The number of aliphatic imine (C=N–C) groups is 1. The normalized spacial score (nSPS) is 11.6. The Labute approximate surface area is 391 Å². The van der Waals surface area contributed by atoms with Crippen LogP contribution in [0.3, 0.4) is 0 Å². The largest absolute Gasteiger partial charge is 0.398 e. The first-order valence-electron chi connectivity index (χ1n) is 22.7. The molecule has 2 aromatic heterocycles. The molecular formula is C62H47N5. The summed E-state index contributed by atoms with van der Waals surface area (Å²) in [5, 5.41) is 2.30. The van der Waals surface area contributed by atoms with Gasteiger partial charge in [0, 0.05) is 57.0 Å². The number of aromatic nitrogens is 2. The lowest BCUT2D eigenvalue weighted by molar-refractivity contribution is 1.05. The summed E-state index contributed by atoms with van der Waals surface area (Å²) >= 11 is 0. The van der Waals surface area contributed by atoms with E-state index in [1.165, 1.54) is 11.1 Å². The third-order valence-electron chi connectivity index (χ3n) is 12.6. The van der Waals surface area contributed by atoms with E-state index >= 15 is 0 Å². The smallest absolute Gasteiger partial charge is 0.135 e. The highest BCUT2D eigenvalue weighted by Gasteiger charge is 2.25. The number of para-hydroxylation sites is 2. The first-order valence-corrected chi connectivity index (χ1v) is 22.7. The SMILES string of the molecule is CN(C(=NCc1cccc(-c2ccccc2)c1)c1ccccc1)c1c(-c2ccccc2N)ccc2c3ccccc3n(-c3ccc(-c4cc(-c5ccccc5)nc(-c5ccccc5)c4)cc3)c12. The predicted octanol–water partition coefficient (Wildman–Crippen LogP) is 15.2. The Balaban J connectivity index is 1.10. The van der Waals surface area contributed by atoms with Crippen molar-refractivity contribution in [2.24, 2.45) is 4.99 Å². The monoisotopic (exact) mass is 861 g/mol. The zero-order valence-electron chi connectivity index (χ0n) is 37.2. The molecule has 2 N–H and O–H groups in total. The number of fused-ring (bicyclic) bond motifs is 3. The minimum Gasteiger partial charge on any atom is -0.398 e. The van der Waals surface area contributed by atoms with E-state index in [4.69, 9.17) is 15.7 Å². The van der Waals surface area contributed by atoms with Crippen LogP contribution >= 0.6 is 0 Å². The summed E-state index contributed by atoms with van der Waals surface area (Å²) in [6.07, 6.45) is 0. The van der Waals surface area contributed by atoms with Crippen molar-refractivity contribution in [1.29, 1.82) is 0 Å². The first-order chi connectivity index (χ1) is 33.1. The van der Waals surface area contributed by atoms with Gasteiger partial charge >= 0.3 is 0 Å². The summed E-state index contributed by atoms with van der Waals surface area (Å²) in [4.78, 5) is 12.9. The van der Waals surface area contributed by atoms with Crippen molar-refractivity contribution < 1.29 is 0 Å². The molecule has 0 amide bonds. The van der Waals surface area contributed by atoms with Crippen LogP contribution in [0.1, 0.15) is 11.1 Å². The number of hydrogen-bond donors (Lipinski definition) is 1. The van der Waals surface area contributed by atoms with E-state index in [-0.39, 0.29) is 0 Å². The zero-order valence-corrected chi connectivity index (χ0v) is 37.2. The Morgan fingerprint density at radius 2 is 1.04 bits per heavy atom. The van der Waals surface area contributed by atoms with Gasteiger partial charge in [0.1, 0.15) is 5.84 Å². The number of hydrogen-bond acceptors (Lipinski definition) is 3. The fourth-order valence-electron chi connectivity index (χ4n) is 9.35. The van der Waals surface area contributed by atoms with Gasteiger partial charge < -0.3 is 15.2 Å². The molecule has 11 rings (SSSR count). The molecule has 0 unspecified atom stereocenters. The number of amidine groups is 1. The standard InChI is InChI=1S/C62H47N5/c1-66(62(48-26-12-5-13-27-48)64-42-43-19-18-28-49(39-43)44-20-6-2-7-21-44)60-54(52-29-14-16-31-56(52)63)37-38-55-53-30-15-17-32-59(53)67(61(55)60)51-35-33-45(34-36-51)50-40-57(46-22-8-3-9-23-46)65-58(41-50)47-24-10-4-11-25-47/h2-41H,42,63H2,1H3. The lowest BCUT2D eigenvalue weighted by atomic mass is 9.98. The second-order valence-electron chi connectivity index (χ2n) is 16.8.